The van der Waals surface area contributed by atoms with Gasteiger partial charge in [0, 0.05) is 17.7 Å². The number of benzene rings is 1. The highest BCUT2D eigenvalue weighted by Gasteiger charge is 2.03. The molecule has 0 atom stereocenters. The first-order chi connectivity index (χ1) is 8.17. The van der Waals surface area contributed by atoms with Gasteiger partial charge in [0.1, 0.15) is 11.5 Å². The number of carboxylic acid groups (broad SMARTS) is 1. The lowest BCUT2D eigenvalue weighted by Gasteiger charge is -2.10. The molecule has 0 spiro atoms. The minimum absolute atomic E-state index is 0.517. The van der Waals surface area contributed by atoms with Crippen molar-refractivity contribution >= 4 is 12.0 Å². The van der Waals surface area contributed by atoms with E-state index >= 15 is 0 Å². The normalized spacial score (nSPS) is 10.5. The molecule has 1 rings (SSSR count). The van der Waals surface area contributed by atoms with Gasteiger partial charge in [-0.2, -0.15) is 0 Å². The number of hydrogen-bond acceptors (Lipinski definition) is 3. The summed E-state index contributed by atoms with van der Waals surface area (Å²) in [7, 11) is 0. The first kappa shape index (κ1) is 13.1. The summed E-state index contributed by atoms with van der Waals surface area (Å²) in [6.45, 7) is 4.87. The average Bonchev–Trinajstić information content (AvgIpc) is 2.28. The van der Waals surface area contributed by atoms with Gasteiger partial charge >= 0.3 is 5.97 Å². The lowest BCUT2D eigenvalue weighted by Crippen LogP contribution is -1.97. The Balaban J connectivity index is 2.99. The van der Waals surface area contributed by atoms with Crippen molar-refractivity contribution in [2.24, 2.45) is 0 Å². The summed E-state index contributed by atoms with van der Waals surface area (Å²) < 4.78 is 10.8. The molecule has 0 bridgehead atoms. The van der Waals surface area contributed by atoms with Crippen molar-refractivity contribution in [3.8, 4) is 11.5 Å². The lowest BCUT2D eigenvalue weighted by molar-refractivity contribution is -0.131. The molecule has 1 N–H and O–H groups in total. The Labute approximate surface area is 100 Å². The highest BCUT2D eigenvalue weighted by atomic mass is 16.5. The molecule has 0 amide bonds. The summed E-state index contributed by atoms with van der Waals surface area (Å²) in [5.74, 6) is 0.348. The molecule has 0 aliphatic heterocycles. The zero-order chi connectivity index (χ0) is 12.7. The maximum Gasteiger partial charge on any atom is 0.328 e. The molecule has 0 heterocycles. The van der Waals surface area contributed by atoms with Crippen molar-refractivity contribution in [1.82, 2.24) is 0 Å². The van der Waals surface area contributed by atoms with Gasteiger partial charge in [-0.1, -0.05) is 0 Å². The Kier molecular flexibility index (Phi) is 5.07. The van der Waals surface area contributed by atoms with E-state index in [1.165, 1.54) is 6.08 Å². The van der Waals surface area contributed by atoms with Crippen LogP contribution >= 0.6 is 0 Å². The number of carboxylic acids is 1. The molecule has 92 valence electrons. The standard InChI is InChI=1S/C13H16O4/c1-3-16-11-7-5-10(6-8-13(14)15)12(9-11)17-4-2/h5-9H,3-4H2,1-2H3,(H,14,15)/b8-6+. The van der Waals surface area contributed by atoms with Gasteiger partial charge in [-0.3, -0.25) is 0 Å². The zero-order valence-electron chi connectivity index (χ0n) is 9.97. The van der Waals surface area contributed by atoms with E-state index in [4.69, 9.17) is 14.6 Å². The van der Waals surface area contributed by atoms with Crippen molar-refractivity contribution in [3.63, 3.8) is 0 Å². The molecule has 1 aromatic rings. The lowest BCUT2D eigenvalue weighted by atomic mass is 10.1. The minimum atomic E-state index is -0.985. The van der Waals surface area contributed by atoms with Gasteiger partial charge in [-0.05, 0) is 32.1 Å². The van der Waals surface area contributed by atoms with Crippen LogP contribution in [0, 0.1) is 0 Å². The third kappa shape index (κ3) is 4.18. The van der Waals surface area contributed by atoms with Gasteiger partial charge in [-0.15, -0.1) is 0 Å². The van der Waals surface area contributed by atoms with Crippen LogP contribution in [-0.2, 0) is 4.79 Å². The monoisotopic (exact) mass is 236 g/mol. The number of ether oxygens (including phenoxy) is 2. The van der Waals surface area contributed by atoms with Crippen LogP contribution in [0.5, 0.6) is 11.5 Å². The minimum Gasteiger partial charge on any atom is -0.494 e. The predicted octanol–water partition coefficient (Wildman–Crippen LogP) is 2.58. The first-order valence-corrected chi connectivity index (χ1v) is 5.48. The highest BCUT2D eigenvalue weighted by molar-refractivity contribution is 5.86. The molecule has 0 unspecified atom stereocenters. The Morgan fingerprint density at radius 2 is 2.00 bits per heavy atom. The zero-order valence-corrected chi connectivity index (χ0v) is 9.97. The summed E-state index contributed by atoms with van der Waals surface area (Å²) in [6, 6.07) is 5.32. The topological polar surface area (TPSA) is 55.8 Å². The largest absolute Gasteiger partial charge is 0.494 e. The van der Waals surface area contributed by atoms with Crippen LogP contribution in [0.15, 0.2) is 24.3 Å². The van der Waals surface area contributed by atoms with Crippen LogP contribution in [0.4, 0.5) is 0 Å². The molecule has 4 heteroatoms. The Hall–Kier alpha value is -1.97. The Morgan fingerprint density at radius 3 is 2.59 bits per heavy atom. The number of rotatable bonds is 6. The molecular formula is C13H16O4. The van der Waals surface area contributed by atoms with E-state index in [1.807, 2.05) is 13.8 Å². The molecule has 0 aliphatic rings. The summed E-state index contributed by atoms with van der Waals surface area (Å²) in [6.07, 6.45) is 2.58. The molecule has 17 heavy (non-hydrogen) atoms. The van der Waals surface area contributed by atoms with Crippen molar-refractivity contribution in [2.75, 3.05) is 13.2 Å². The molecule has 0 fully saturated rings. The van der Waals surface area contributed by atoms with Crippen molar-refractivity contribution in [2.45, 2.75) is 13.8 Å². The van der Waals surface area contributed by atoms with Crippen LogP contribution < -0.4 is 9.47 Å². The number of aliphatic carboxylic acids is 1. The van der Waals surface area contributed by atoms with E-state index in [2.05, 4.69) is 0 Å². The van der Waals surface area contributed by atoms with Gasteiger partial charge in [0.15, 0.2) is 0 Å². The Morgan fingerprint density at radius 1 is 1.29 bits per heavy atom. The van der Waals surface area contributed by atoms with Crippen LogP contribution in [-0.4, -0.2) is 24.3 Å². The summed E-state index contributed by atoms with van der Waals surface area (Å²) >= 11 is 0. The van der Waals surface area contributed by atoms with Crippen molar-refractivity contribution in [3.05, 3.63) is 29.8 Å². The number of carbonyl (C=O) groups is 1. The van der Waals surface area contributed by atoms with E-state index in [0.29, 0.717) is 24.7 Å². The molecule has 0 radical (unpaired) electrons. The molecule has 0 aliphatic carbocycles. The third-order valence-corrected chi connectivity index (χ3v) is 2.00. The SMILES string of the molecule is CCOc1ccc(/C=C/C(=O)O)c(OCC)c1. The van der Waals surface area contributed by atoms with Crippen molar-refractivity contribution < 1.29 is 19.4 Å². The van der Waals surface area contributed by atoms with E-state index in [9.17, 15) is 4.79 Å². The second-order valence-electron chi connectivity index (χ2n) is 3.24. The van der Waals surface area contributed by atoms with Crippen LogP contribution in [0.25, 0.3) is 6.08 Å². The van der Waals surface area contributed by atoms with E-state index < -0.39 is 5.97 Å². The van der Waals surface area contributed by atoms with E-state index in [1.54, 1.807) is 18.2 Å². The highest BCUT2D eigenvalue weighted by Crippen LogP contribution is 2.26. The van der Waals surface area contributed by atoms with Gasteiger partial charge in [-0.25, -0.2) is 4.79 Å². The molecular weight excluding hydrogens is 220 g/mol. The molecule has 4 nitrogen and oxygen atoms in total. The third-order valence-electron chi connectivity index (χ3n) is 2.00. The maximum atomic E-state index is 10.5. The quantitative estimate of drug-likeness (QED) is 0.771. The second-order valence-corrected chi connectivity index (χ2v) is 3.24. The average molecular weight is 236 g/mol. The molecule has 0 aromatic heterocycles. The predicted molar refractivity (Wildman–Crippen MR) is 65.4 cm³/mol. The summed E-state index contributed by atoms with van der Waals surface area (Å²) in [5.41, 5.74) is 0.720. The maximum absolute atomic E-state index is 10.5. The molecule has 0 saturated carbocycles. The van der Waals surface area contributed by atoms with Crippen LogP contribution in [0.2, 0.25) is 0 Å². The molecule has 0 saturated heterocycles. The van der Waals surface area contributed by atoms with Gasteiger partial charge in [0.05, 0.1) is 13.2 Å². The van der Waals surface area contributed by atoms with Gasteiger partial charge in [0.25, 0.3) is 0 Å². The van der Waals surface area contributed by atoms with E-state index in [0.717, 1.165) is 11.6 Å². The Bertz CT molecular complexity index is 410. The fraction of sp³-hybridized carbons (Fsp3) is 0.308. The molecule has 1 aromatic carbocycles. The van der Waals surface area contributed by atoms with Gasteiger partial charge < -0.3 is 14.6 Å². The fourth-order valence-corrected chi connectivity index (χ4v) is 1.35. The number of hydrogen-bond donors (Lipinski definition) is 1. The smallest absolute Gasteiger partial charge is 0.328 e. The summed E-state index contributed by atoms with van der Waals surface area (Å²) in [4.78, 5) is 10.5. The van der Waals surface area contributed by atoms with Crippen LogP contribution in [0.1, 0.15) is 19.4 Å². The summed E-state index contributed by atoms with van der Waals surface area (Å²) in [5, 5.41) is 8.58. The van der Waals surface area contributed by atoms with Gasteiger partial charge in [0.2, 0.25) is 0 Å². The first-order valence-electron chi connectivity index (χ1n) is 5.48. The second kappa shape index (κ2) is 6.58. The van der Waals surface area contributed by atoms with Crippen LogP contribution in [0.3, 0.4) is 0 Å². The van der Waals surface area contributed by atoms with Crippen molar-refractivity contribution in [1.29, 1.82) is 0 Å². The fourth-order valence-electron chi connectivity index (χ4n) is 1.35. The van der Waals surface area contributed by atoms with E-state index in [-0.39, 0.29) is 0 Å².